The fourth-order valence-corrected chi connectivity index (χ4v) is 4.78. The summed E-state index contributed by atoms with van der Waals surface area (Å²) < 4.78 is 11.3. The molecular formula is C24H30N2O3. The third kappa shape index (κ3) is 4.02. The number of carbonyl (C=O) groups excluding carboxylic acids is 1. The van der Waals surface area contributed by atoms with Crippen molar-refractivity contribution >= 4 is 5.91 Å². The lowest BCUT2D eigenvalue weighted by Crippen LogP contribution is -2.64. The quantitative estimate of drug-likeness (QED) is 0.847. The Balaban J connectivity index is 1.58. The van der Waals surface area contributed by atoms with Crippen molar-refractivity contribution in [3.8, 4) is 5.75 Å². The van der Waals surface area contributed by atoms with Crippen LogP contribution in [-0.4, -0.2) is 48.8 Å². The minimum absolute atomic E-state index is 0.0952. The van der Waals surface area contributed by atoms with E-state index < -0.39 is 5.54 Å². The van der Waals surface area contributed by atoms with Gasteiger partial charge in [0.25, 0.3) is 0 Å². The van der Waals surface area contributed by atoms with Crippen LogP contribution in [0.3, 0.4) is 0 Å². The number of fused-ring (bicyclic) bond motifs is 1. The molecule has 1 saturated heterocycles. The molecule has 29 heavy (non-hydrogen) atoms. The van der Waals surface area contributed by atoms with Crippen LogP contribution >= 0.6 is 0 Å². The number of carbonyl (C=O) groups is 1. The molecule has 0 saturated carbocycles. The Hall–Kier alpha value is -2.37. The molecular weight excluding hydrogens is 364 g/mol. The molecule has 1 aliphatic carbocycles. The van der Waals surface area contributed by atoms with Crippen molar-refractivity contribution in [1.82, 2.24) is 10.2 Å². The Bertz CT molecular complexity index is 847. The first-order valence-electron chi connectivity index (χ1n) is 10.4. The molecule has 2 aromatic rings. The molecule has 2 aromatic carbocycles. The number of hydrogen-bond donors (Lipinski definition) is 1. The van der Waals surface area contributed by atoms with E-state index in [1.165, 1.54) is 11.1 Å². The molecule has 0 unspecified atom stereocenters. The van der Waals surface area contributed by atoms with Gasteiger partial charge in [-0.05, 0) is 42.7 Å². The Morgan fingerprint density at radius 3 is 2.38 bits per heavy atom. The first kappa shape index (κ1) is 19.9. The van der Waals surface area contributed by atoms with E-state index in [2.05, 4.69) is 48.3 Å². The average molecular weight is 395 g/mol. The van der Waals surface area contributed by atoms with Gasteiger partial charge in [0.2, 0.25) is 5.91 Å². The average Bonchev–Trinajstić information content (AvgIpc) is 3.12. The number of hydrogen-bond acceptors (Lipinski definition) is 4. The zero-order valence-electron chi connectivity index (χ0n) is 17.5. The van der Waals surface area contributed by atoms with Gasteiger partial charge >= 0.3 is 0 Å². The summed E-state index contributed by atoms with van der Waals surface area (Å²) in [4.78, 5) is 16.0. The van der Waals surface area contributed by atoms with Crippen molar-refractivity contribution in [3.63, 3.8) is 0 Å². The van der Waals surface area contributed by atoms with Gasteiger partial charge in [0.1, 0.15) is 11.3 Å². The van der Waals surface area contributed by atoms with E-state index >= 15 is 0 Å². The molecule has 1 aliphatic heterocycles. The van der Waals surface area contributed by atoms with Crippen molar-refractivity contribution in [1.29, 1.82) is 0 Å². The van der Waals surface area contributed by atoms with E-state index in [4.69, 9.17) is 9.47 Å². The second kappa shape index (κ2) is 8.17. The van der Waals surface area contributed by atoms with Gasteiger partial charge in [-0.2, -0.15) is 0 Å². The molecule has 0 aromatic heterocycles. The maximum atomic E-state index is 13.7. The summed E-state index contributed by atoms with van der Waals surface area (Å²) in [6.07, 6.45) is 1.72. The summed E-state index contributed by atoms with van der Waals surface area (Å²) in [6, 6.07) is 16.3. The van der Waals surface area contributed by atoms with Gasteiger partial charge < -0.3 is 14.8 Å². The van der Waals surface area contributed by atoms with E-state index in [1.54, 1.807) is 7.11 Å². The lowest BCUT2D eigenvalue weighted by atomic mass is 9.90. The van der Waals surface area contributed by atoms with Crippen molar-refractivity contribution in [3.05, 3.63) is 65.2 Å². The maximum Gasteiger partial charge on any atom is 0.241 e. The van der Waals surface area contributed by atoms with Crippen LogP contribution in [0, 0.1) is 0 Å². The third-order valence-electron chi connectivity index (χ3n) is 6.12. The first-order chi connectivity index (χ1) is 14.0. The zero-order valence-corrected chi connectivity index (χ0v) is 17.5. The maximum absolute atomic E-state index is 13.7. The number of nitrogens with one attached hydrogen (secondary N) is 1. The van der Waals surface area contributed by atoms with Crippen molar-refractivity contribution in [2.24, 2.45) is 0 Å². The predicted molar refractivity (Wildman–Crippen MR) is 113 cm³/mol. The fraction of sp³-hybridized carbons (Fsp3) is 0.458. The summed E-state index contributed by atoms with van der Waals surface area (Å²) in [7, 11) is 1.66. The second-order valence-electron chi connectivity index (χ2n) is 8.35. The number of nitrogens with zero attached hydrogens (tertiary/aromatic N) is 1. The monoisotopic (exact) mass is 394 g/mol. The van der Waals surface area contributed by atoms with Crippen LogP contribution in [0.4, 0.5) is 0 Å². The molecule has 1 heterocycles. The normalized spacial score (nSPS) is 23.4. The molecule has 154 valence electrons. The van der Waals surface area contributed by atoms with Gasteiger partial charge in [0.15, 0.2) is 0 Å². The van der Waals surface area contributed by atoms with E-state index in [-0.39, 0.29) is 18.1 Å². The minimum atomic E-state index is -0.561. The fourth-order valence-electron chi connectivity index (χ4n) is 4.78. The summed E-state index contributed by atoms with van der Waals surface area (Å²) in [6.45, 7) is 6.21. The van der Waals surface area contributed by atoms with E-state index in [0.717, 1.165) is 37.2 Å². The van der Waals surface area contributed by atoms with Gasteiger partial charge in [-0.3, -0.25) is 9.69 Å². The van der Waals surface area contributed by atoms with Gasteiger partial charge in [-0.15, -0.1) is 0 Å². The number of methoxy groups -OCH3 is 1. The van der Waals surface area contributed by atoms with Crippen LogP contribution in [-0.2, 0) is 28.9 Å². The SMILES string of the molecule is COc1cccc(CNC(=O)C2(N3C[C@@H](C)O[C@@H](C)C3)Cc3ccccc3C2)c1. The van der Waals surface area contributed by atoms with Crippen LogP contribution in [0.1, 0.15) is 30.5 Å². The molecule has 5 nitrogen and oxygen atoms in total. The van der Waals surface area contributed by atoms with Crippen LogP contribution in [0.5, 0.6) is 5.75 Å². The number of amides is 1. The summed E-state index contributed by atoms with van der Waals surface area (Å²) in [5, 5.41) is 3.22. The molecule has 0 spiro atoms. The van der Waals surface area contributed by atoms with E-state index in [1.807, 2.05) is 24.3 Å². The first-order valence-corrected chi connectivity index (χ1v) is 10.4. The van der Waals surface area contributed by atoms with Crippen molar-refractivity contribution in [2.45, 2.75) is 51.0 Å². The van der Waals surface area contributed by atoms with E-state index in [0.29, 0.717) is 6.54 Å². The van der Waals surface area contributed by atoms with Gasteiger partial charge in [0.05, 0.1) is 19.3 Å². The van der Waals surface area contributed by atoms with Gasteiger partial charge in [-0.25, -0.2) is 0 Å². The van der Waals surface area contributed by atoms with Crippen LogP contribution < -0.4 is 10.1 Å². The highest BCUT2D eigenvalue weighted by atomic mass is 16.5. The van der Waals surface area contributed by atoms with Gasteiger partial charge in [0, 0.05) is 32.5 Å². The smallest absolute Gasteiger partial charge is 0.241 e. The van der Waals surface area contributed by atoms with Crippen molar-refractivity contribution < 1.29 is 14.3 Å². The van der Waals surface area contributed by atoms with Crippen LogP contribution in [0.15, 0.2) is 48.5 Å². The molecule has 1 fully saturated rings. The number of benzene rings is 2. The van der Waals surface area contributed by atoms with Crippen LogP contribution in [0.2, 0.25) is 0 Å². The molecule has 0 bridgehead atoms. The molecule has 0 radical (unpaired) electrons. The lowest BCUT2D eigenvalue weighted by Gasteiger charge is -2.45. The summed E-state index contributed by atoms with van der Waals surface area (Å²) >= 11 is 0. The Kier molecular flexibility index (Phi) is 5.61. The highest BCUT2D eigenvalue weighted by Crippen LogP contribution is 2.37. The topological polar surface area (TPSA) is 50.8 Å². The molecule has 1 N–H and O–H groups in total. The number of rotatable bonds is 5. The number of ether oxygens (including phenoxy) is 2. The molecule has 1 amide bonds. The minimum Gasteiger partial charge on any atom is -0.497 e. The predicted octanol–water partition coefficient (Wildman–Crippen LogP) is 2.96. The van der Waals surface area contributed by atoms with Gasteiger partial charge in [-0.1, -0.05) is 36.4 Å². The Morgan fingerprint density at radius 1 is 1.10 bits per heavy atom. The standard InChI is InChI=1S/C24H30N2O3/c1-17-15-26(16-18(2)29-17)24(12-20-8-4-5-9-21(20)13-24)23(27)25-14-19-7-6-10-22(11-19)28-3/h4-11,17-18H,12-16H2,1-3H3,(H,25,27)/t17-,18+. The Labute approximate surface area is 173 Å². The van der Waals surface area contributed by atoms with E-state index in [9.17, 15) is 4.79 Å². The summed E-state index contributed by atoms with van der Waals surface area (Å²) in [5.74, 6) is 0.897. The molecule has 2 aliphatic rings. The molecule has 2 atom stereocenters. The molecule has 5 heteroatoms. The van der Waals surface area contributed by atoms with Crippen LogP contribution in [0.25, 0.3) is 0 Å². The third-order valence-corrected chi connectivity index (χ3v) is 6.12. The summed E-state index contributed by atoms with van der Waals surface area (Å²) in [5.41, 5.74) is 3.02. The zero-order chi connectivity index (χ0) is 20.4. The Morgan fingerprint density at radius 2 is 1.76 bits per heavy atom. The van der Waals surface area contributed by atoms with Crippen molar-refractivity contribution in [2.75, 3.05) is 20.2 Å². The second-order valence-corrected chi connectivity index (χ2v) is 8.35. The molecule has 4 rings (SSSR count). The number of morpholine rings is 1. The highest BCUT2D eigenvalue weighted by Gasteiger charge is 2.49. The lowest BCUT2D eigenvalue weighted by molar-refractivity contribution is -0.144. The highest BCUT2D eigenvalue weighted by molar-refractivity contribution is 5.88. The largest absolute Gasteiger partial charge is 0.497 e.